The minimum Gasteiger partial charge on any atom is -0.508 e. The molecule has 1 aliphatic carbocycles. The number of aliphatic hydroxyl groups is 1. The summed E-state index contributed by atoms with van der Waals surface area (Å²) in [6.07, 6.45) is 8.80. The van der Waals surface area contributed by atoms with E-state index in [0.717, 1.165) is 0 Å². The smallest absolute Gasteiger partial charge is 0.188 e. The van der Waals surface area contributed by atoms with Crippen molar-refractivity contribution in [2.45, 2.75) is 18.6 Å². The third-order valence-electron chi connectivity index (χ3n) is 2.72. The Morgan fingerprint density at radius 1 is 1.45 bits per heavy atom. The van der Waals surface area contributed by atoms with Crippen molar-refractivity contribution in [1.29, 1.82) is 0 Å². The van der Waals surface area contributed by atoms with E-state index >= 15 is 0 Å². The molecule has 0 fully saturated rings. The van der Waals surface area contributed by atoms with Crippen molar-refractivity contribution in [2.75, 3.05) is 14.1 Å². The van der Waals surface area contributed by atoms with E-state index in [-0.39, 0.29) is 17.1 Å². The van der Waals surface area contributed by atoms with Crippen LogP contribution in [-0.2, 0) is 14.6 Å². The van der Waals surface area contributed by atoms with E-state index in [9.17, 15) is 18.3 Å². The maximum absolute atomic E-state index is 12.4. The zero-order chi connectivity index (χ0) is 15.3. The lowest BCUT2D eigenvalue weighted by Gasteiger charge is -2.16. The number of hydrogen-bond donors (Lipinski definition) is 1. The summed E-state index contributed by atoms with van der Waals surface area (Å²) in [5.74, 6) is -0.460. The molecule has 1 unspecified atom stereocenters. The summed E-state index contributed by atoms with van der Waals surface area (Å²) in [5, 5.41) is 8.41. The normalized spacial score (nSPS) is 20.1. The lowest BCUT2D eigenvalue weighted by atomic mass is 10.2. The van der Waals surface area contributed by atoms with Crippen LogP contribution in [0.2, 0.25) is 0 Å². The lowest BCUT2D eigenvalue weighted by Crippen LogP contribution is -2.24. The Balaban J connectivity index is 3.09. The first-order valence-electron chi connectivity index (χ1n) is 6.12. The van der Waals surface area contributed by atoms with Crippen LogP contribution in [0.15, 0.2) is 47.2 Å². The van der Waals surface area contributed by atoms with Gasteiger partial charge in [-0.05, 0) is 43.8 Å². The molecule has 0 aromatic carbocycles. The zero-order valence-corrected chi connectivity index (χ0v) is 12.6. The van der Waals surface area contributed by atoms with Gasteiger partial charge in [-0.3, -0.25) is 4.79 Å². The maximum atomic E-state index is 12.4. The van der Waals surface area contributed by atoms with Crippen molar-refractivity contribution in [1.82, 2.24) is 4.90 Å². The number of carbonyl (C=O) groups is 1. The molecule has 0 aromatic rings. The molecule has 0 bridgehead atoms. The van der Waals surface area contributed by atoms with Gasteiger partial charge in [0.05, 0.1) is 5.25 Å². The third-order valence-corrected chi connectivity index (χ3v) is 4.91. The molecule has 6 heteroatoms. The van der Waals surface area contributed by atoms with E-state index in [4.69, 9.17) is 0 Å². The monoisotopic (exact) mass is 297 g/mol. The van der Waals surface area contributed by atoms with E-state index in [1.807, 2.05) is 0 Å². The number of hydrogen-bond acceptors (Lipinski definition) is 5. The van der Waals surface area contributed by atoms with Gasteiger partial charge in [0, 0.05) is 14.1 Å². The van der Waals surface area contributed by atoms with Crippen LogP contribution in [0.1, 0.15) is 13.3 Å². The second-order valence-electron chi connectivity index (χ2n) is 4.70. The first-order valence-corrected chi connectivity index (χ1v) is 7.67. The number of rotatable bonds is 5. The van der Waals surface area contributed by atoms with Crippen LogP contribution in [0.5, 0.6) is 0 Å². The molecule has 0 amide bonds. The topological polar surface area (TPSA) is 74.7 Å². The van der Waals surface area contributed by atoms with Gasteiger partial charge in [0.2, 0.25) is 0 Å². The van der Waals surface area contributed by atoms with Crippen LogP contribution in [0.3, 0.4) is 0 Å². The molecule has 5 nitrogen and oxygen atoms in total. The number of sulfone groups is 1. The standard InChI is InChI=1S/C14H19NO4S/c1-11(16)14(5-4-10-15(2)3)20(18,19)13-8-6-12(17)7-9-13/h4-8,10,13,17H,9H2,1-3H3. The number of allylic oxidation sites excluding steroid dienone is 5. The predicted octanol–water partition coefficient (Wildman–Crippen LogP) is 1.72. The molecular formula is C14H19NO4S. The molecular weight excluding hydrogens is 278 g/mol. The molecule has 0 saturated carbocycles. The van der Waals surface area contributed by atoms with Gasteiger partial charge in [0.15, 0.2) is 15.6 Å². The van der Waals surface area contributed by atoms with E-state index < -0.39 is 20.9 Å². The maximum Gasteiger partial charge on any atom is 0.188 e. The number of Topliss-reactive ketones (excluding diaryl/α,β-unsaturated/α-hetero) is 1. The second-order valence-corrected chi connectivity index (χ2v) is 6.83. The molecule has 0 aromatic heterocycles. The molecule has 20 heavy (non-hydrogen) atoms. The average Bonchev–Trinajstić information content (AvgIpc) is 2.34. The van der Waals surface area contributed by atoms with Gasteiger partial charge < -0.3 is 10.0 Å². The molecule has 1 aliphatic rings. The molecule has 1 rings (SSSR count). The van der Waals surface area contributed by atoms with Crippen molar-refractivity contribution < 1.29 is 18.3 Å². The zero-order valence-electron chi connectivity index (χ0n) is 11.8. The van der Waals surface area contributed by atoms with Crippen molar-refractivity contribution in [3.63, 3.8) is 0 Å². The fraction of sp³-hybridized carbons (Fsp3) is 0.357. The fourth-order valence-corrected chi connectivity index (χ4v) is 3.33. The van der Waals surface area contributed by atoms with Gasteiger partial charge in [-0.1, -0.05) is 6.08 Å². The molecule has 0 heterocycles. The molecule has 1 atom stereocenters. The van der Waals surface area contributed by atoms with Crippen molar-refractivity contribution >= 4 is 15.6 Å². The Kier molecular flexibility index (Phi) is 5.33. The Bertz CT molecular complexity index is 595. The first-order chi connectivity index (χ1) is 9.25. The second kappa shape index (κ2) is 6.56. The predicted molar refractivity (Wildman–Crippen MR) is 78.8 cm³/mol. The van der Waals surface area contributed by atoms with Crippen LogP contribution in [0, 0.1) is 0 Å². The van der Waals surface area contributed by atoms with E-state index in [1.165, 1.54) is 37.3 Å². The van der Waals surface area contributed by atoms with Gasteiger partial charge in [0.25, 0.3) is 0 Å². The largest absolute Gasteiger partial charge is 0.508 e. The summed E-state index contributed by atoms with van der Waals surface area (Å²) in [4.78, 5) is 13.1. The van der Waals surface area contributed by atoms with Gasteiger partial charge >= 0.3 is 0 Å². The number of aliphatic hydroxyl groups excluding tert-OH is 1. The highest BCUT2D eigenvalue weighted by Crippen LogP contribution is 2.23. The van der Waals surface area contributed by atoms with Crippen molar-refractivity contribution in [3.05, 3.63) is 47.2 Å². The molecule has 0 radical (unpaired) electrons. The number of ketones is 1. The third kappa shape index (κ3) is 4.09. The minimum absolute atomic E-state index is 0.0392. The Labute approximate surface area is 119 Å². The van der Waals surface area contributed by atoms with Crippen LogP contribution >= 0.6 is 0 Å². The summed E-state index contributed by atoms with van der Waals surface area (Å²) in [7, 11) is -0.155. The van der Waals surface area contributed by atoms with E-state index in [2.05, 4.69) is 0 Å². The number of nitrogens with zero attached hydrogens (tertiary/aromatic N) is 1. The van der Waals surface area contributed by atoms with Gasteiger partial charge in [-0.15, -0.1) is 0 Å². The summed E-state index contributed by atoms with van der Waals surface area (Å²) in [6, 6.07) is 0. The van der Waals surface area contributed by atoms with Crippen LogP contribution in [0.25, 0.3) is 0 Å². The molecule has 0 aliphatic heterocycles. The lowest BCUT2D eigenvalue weighted by molar-refractivity contribution is -0.113. The Hall–Kier alpha value is -1.82. The van der Waals surface area contributed by atoms with Gasteiger partial charge in [0.1, 0.15) is 10.7 Å². The highest BCUT2D eigenvalue weighted by Gasteiger charge is 2.30. The van der Waals surface area contributed by atoms with Crippen molar-refractivity contribution in [2.24, 2.45) is 0 Å². The molecule has 110 valence electrons. The van der Waals surface area contributed by atoms with Crippen LogP contribution in [0.4, 0.5) is 0 Å². The minimum atomic E-state index is -3.75. The highest BCUT2D eigenvalue weighted by molar-refractivity contribution is 7.97. The molecule has 1 N–H and O–H groups in total. The summed E-state index contributed by atoms with van der Waals surface area (Å²) in [5.41, 5.74) is 0. The summed E-state index contributed by atoms with van der Waals surface area (Å²) >= 11 is 0. The molecule has 0 spiro atoms. The van der Waals surface area contributed by atoms with Crippen LogP contribution in [-0.4, -0.2) is 43.6 Å². The SMILES string of the molecule is CC(=O)C(=CC=CN(C)C)S(=O)(=O)C1C=CC(O)=CC1. The quantitative estimate of drug-likeness (QED) is 0.618. The van der Waals surface area contributed by atoms with Gasteiger partial charge in [-0.2, -0.15) is 0 Å². The van der Waals surface area contributed by atoms with E-state index in [1.54, 1.807) is 25.2 Å². The van der Waals surface area contributed by atoms with E-state index in [0.29, 0.717) is 0 Å². The molecule has 0 saturated heterocycles. The first kappa shape index (κ1) is 16.2. The van der Waals surface area contributed by atoms with Crippen LogP contribution < -0.4 is 0 Å². The average molecular weight is 297 g/mol. The highest BCUT2D eigenvalue weighted by atomic mass is 32.2. The number of carbonyl (C=O) groups excluding carboxylic acids is 1. The van der Waals surface area contributed by atoms with Crippen molar-refractivity contribution in [3.8, 4) is 0 Å². The summed E-state index contributed by atoms with van der Waals surface area (Å²) in [6.45, 7) is 1.23. The summed E-state index contributed by atoms with van der Waals surface area (Å²) < 4.78 is 24.8. The Morgan fingerprint density at radius 3 is 2.55 bits per heavy atom. The Morgan fingerprint density at radius 2 is 2.10 bits per heavy atom. The fourth-order valence-electron chi connectivity index (χ4n) is 1.70. The van der Waals surface area contributed by atoms with Gasteiger partial charge in [-0.25, -0.2) is 8.42 Å².